The zero-order valence-corrected chi connectivity index (χ0v) is 5.81. The Morgan fingerprint density at radius 2 is 2.20 bits per heavy atom. The van der Waals surface area contributed by atoms with E-state index < -0.39 is 5.97 Å². The summed E-state index contributed by atoms with van der Waals surface area (Å²) < 4.78 is 0. The molecule has 1 aromatic heterocycles. The molecule has 1 aromatic rings. The smallest absolute Gasteiger partial charge is 0.338 e. The van der Waals surface area contributed by atoms with Crippen LogP contribution in [0.4, 0.5) is 10.0 Å². The number of nitrogen functional groups attached to an aromatic ring is 2. The molecule has 0 radical (unpaired) electrons. The van der Waals surface area contributed by atoms with Crippen LogP contribution in [0.5, 0.6) is 0 Å². The molecule has 0 atom stereocenters. The minimum Gasteiger partial charge on any atom is -0.478 e. The normalized spacial score (nSPS) is 9.60. The van der Waals surface area contributed by atoms with Gasteiger partial charge in [-0.15, -0.1) is 11.3 Å². The number of rotatable bonds is 1. The maximum absolute atomic E-state index is 10.3. The van der Waals surface area contributed by atoms with Crippen LogP contribution in [0.3, 0.4) is 0 Å². The Bertz CT molecular complexity index is 269. The van der Waals surface area contributed by atoms with Gasteiger partial charge in [-0.3, -0.25) is 0 Å². The molecule has 4 nitrogen and oxygen atoms in total. The van der Waals surface area contributed by atoms with Gasteiger partial charge in [0, 0.05) is 0 Å². The van der Waals surface area contributed by atoms with E-state index in [4.69, 9.17) is 16.6 Å². The molecular weight excluding hydrogens is 152 g/mol. The summed E-state index contributed by atoms with van der Waals surface area (Å²) in [6.45, 7) is 0. The number of hydrogen-bond donors (Lipinski definition) is 3. The Hall–Kier alpha value is -1.23. The molecule has 0 saturated heterocycles. The summed E-state index contributed by atoms with van der Waals surface area (Å²) in [6, 6.07) is 1.35. The lowest BCUT2D eigenvalue weighted by atomic mass is 10.3. The first-order valence-corrected chi connectivity index (χ1v) is 3.31. The van der Waals surface area contributed by atoms with Crippen LogP contribution in [0.2, 0.25) is 0 Å². The van der Waals surface area contributed by atoms with Gasteiger partial charge in [-0.1, -0.05) is 0 Å². The highest BCUT2D eigenvalue weighted by atomic mass is 32.1. The molecule has 0 amide bonds. The summed E-state index contributed by atoms with van der Waals surface area (Å²) in [5, 5.41) is 9.13. The van der Waals surface area contributed by atoms with Gasteiger partial charge in [0.2, 0.25) is 0 Å². The van der Waals surface area contributed by atoms with Gasteiger partial charge in [0.15, 0.2) is 0 Å². The Kier molecular flexibility index (Phi) is 1.50. The number of carbonyl (C=O) groups is 1. The molecule has 1 rings (SSSR count). The molecule has 5 N–H and O–H groups in total. The lowest BCUT2D eigenvalue weighted by Crippen LogP contribution is -1.97. The zero-order chi connectivity index (χ0) is 7.72. The van der Waals surface area contributed by atoms with Crippen LogP contribution in [0.15, 0.2) is 6.07 Å². The van der Waals surface area contributed by atoms with Crippen molar-refractivity contribution < 1.29 is 9.90 Å². The Morgan fingerprint density at radius 1 is 1.60 bits per heavy atom. The molecule has 0 saturated carbocycles. The molecule has 54 valence electrons. The monoisotopic (exact) mass is 158 g/mol. The van der Waals surface area contributed by atoms with Crippen molar-refractivity contribution in [2.45, 2.75) is 0 Å². The average molecular weight is 158 g/mol. The topological polar surface area (TPSA) is 89.3 Å². The SMILES string of the molecule is Nc1cc(C(=O)O)c(N)s1. The quantitative estimate of drug-likeness (QED) is 0.558. The van der Waals surface area contributed by atoms with Gasteiger partial charge in [-0.2, -0.15) is 0 Å². The first-order valence-electron chi connectivity index (χ1n) is 2.49. The van der Waals surface area contributed by atoms with Crippen molar-refractivity contribution in [1.82, 2.24) is 0 Å². The summed E-state index contributed by atoms with van der Waals surface area (Å²) in [5.41, 5.74) is 10.7. The Labute approximate surface area is 61.1 Å². The Balaban J connectivity index is 3.15. The lowest BCUT2D eigenvalue weighted by molar-refractivity contribution is 0.0698. The van der Waals surface area contributed by atoms with Gasteiger partial charge in [-0.25, -0.2) is 4.79 Å². The minimum absolute atomic E-state index is 0.0856. The summed E-state index contributed by atoms with van der Waals surface area (Å²) >= 11 is 1.07. The molecule has 0 aliphatic heterocycles. The number of hydrogen-bond acceptors (Lipinski definition) is 4. The molecule has 0 bridgehead atoms. The van der Waals surface area contributed by atoms with E-state index in [0.29, 0.717) is 5.00 Å². The third-order valence-electron chi connectivity index (χ3n) is 1.01. The van der Waals surface area contributed by atoms with Crippen LogP contribution in [0.1, 0.15) is 10.4 Å². The predicted octanol–water partition coefficient (Wildman–Crippen LogP) is 0.611. The summed E-state index contributed by atoms with van der Waals surface area (Å²) in [7, 11) is 0. The number of carboxylic acids is 1. The van der Waals surface area contributed by atoms with E-state index in [9.17, 15) is 4.79 Å². The van der Waals surface area contributed by atoms with Crippen LogP contribution in [0, 0.1) is 0 Å². The first kappa shape index (κ1) is 6.88. The fourth-order valence-corrected chi connectivity index (χ4v) is 1.28. The third-order valence-corrected chi connectivity index (χ3v) is 1.80. The molecule has 10 heavy (non-hydrogen) atoms. The second kappa shape index (κ2) is 2.18. The van der Waals surface area contributed by atoms with Gasteiger partial charge < -0.3 is 16.6 Å². The van der Waals surface area contributed by atoms with Crippen LogP contribution in [-0.2, 0) is 0 Å². The number of thiophene rings is 1. The van der Waals surface area contributed by atoms with Crippen LogP contribution in [0.25, 0.3) is 0 Å². The predicted molar refractivity (Wildman–Crippen MR) is 40.1 cm³/mol. The summed E-state index contributed by atoms with van der Waals surface area (Å²) in [5.74, 6) is -1.04. The molecular formula is C5H6N2O2S. The van der Waals surface area contributed by atoms with Crippen molar-refractivity contribution in [1.29, 1.82) is 0 Å². The number of anilines is 2. The fourth-order valence-electron chi connectivity index (χ4n) is 0.592. The zero-order valence-electron chi connectivity index (χ0n) is 5.00. The second-order valence-electron chi connectivity index (χ2n) is 1.73. The van der Waals surface area contributed by atoms with Gasteiger partial charge in [0.1, 0.15) is 5.00 Å². The van der Waals surface area contributed by atoms with Gasteiger partial charge >= 0.3 is 5.97 Å². The molecule has 0 aliphatic rings. The van der Waals surface area contributed by atoms with Gasteiger partial charge in [0.25, 0.3) is 0 Å². The molecule has 0 fully saturated rings. The molecule has 1 heterocycles. The Morgan fingerprint density at radius 3 is 2.40 bits per heavy atom. The maximum Gasteiger partial charge on any atom is 0.338 e. The molecule has 0 aliphatic carbocycles. The molecule has 0 aromatic carbocycles. The van der Waals surface area contributed by atoms with Crippen molar-refractivity contribution in [3.8, 4) is 0 Å². The number of nitrogens with two attached hydrogens (primary N) is 2. The van der Waals surface area contributed by atoms with E-state index in [1.54, 1.807) is 0 Å². The maximum atomic E-state index is 10.3. The van der Waals surface area contributed by atoms with Crippen molar-refractivity contribution in [2.24, 2.45) is 0 Å². The van der Waals surface area contributed by atoms with Crippen molar-refractivity contribution in [2.75, 3.05) is 11.5 Å². The second-order valence-corrected chi connectivity index (χ2v) is 2.85. The van der Waals surface area contributed by atoms with E-state index in [1.165, 1.54) is 6.07 Å². The van der Waals surface area contributed by atoms with E-state index in [0.717, 1.165) is 11.3 Å². The van der Waals surface area contributed by atoms with E-state index in [-0.39, 0.29) is 10.6 Å². The summed E-state index contributed by atoms with van der Waals surface area (Å²) in [6.07, 6.45) is 0. The largest absolute Gasteiger partial charge is 0.478 e. The van der Waals surface area contributed by atoms with E-state index in [2.05, 4.69) is 0 Å². The third kappa shape index (κ3) is 1.03. The standard InChI is InChI=1S/C5H6N2O2S/c6-3-1-2(5(8)9)4(7)10-3/h1H,6-7H2,(H,8,9). The minimum atomic E-state index is -1.04. The fraction of sp³-hybridized carbons (Fsp3) is 0. The highest BCUT2D eigenvalue weighted by Gasteiger charge is 2.10. The highest BCUT2D eigenvalue weighted by molar-refractivity contribution is 7.20. The van der Waals surface area contributed by atoms with Crippen LogP contribution >= 0.6 is 11.3 Å². The van der Waals surface area contributed by atoms with Gasteiger partial charge in [-0.05, 0) is 6.07 Å². The summed E-state index contributed by atoms with van der Waals surface area (Å²) in [4.78, 5) is 10.3. The van der Waals surface area contributed by atoms with E-state index in [1.807, 2.05) is 0 Å². The van der Waals surface area contributed by atoms with Crippen LogP contribution < -0.4 is 11.5 Å². The van der Waals surface area contributed by atoms with Crippen molar-refractivity contribution >= 4 is 27.3 Å². The van der Waals surface area contributed by atoms with Gasteiger partial charge in [0.05, 0.1) is 10.6 Å². The molecule has 5 heteroatoms. The lowest BCUT2D eigenvalue weighted by Gasteiger charge is -1.86. The van der Waals surface area contributed by atoms with E-state index >= 15 is 0 Å². The average Bonchev–Trinajstić information content (AvgIpc) is 2.10. The van der Waals surface area contributed by atoms with Crippen molar-refractivity contribution in [3.63, 3.8) is 0 Å². The van der Waals surface area contributed by atoms with Crippen LogP contribution in [-0.4, -0.2) is 11.1 Å². The first-order chi connectivity index (χ1) is 4.61. The number of carboxylic acid groups (broad SMARTS) is 1. The molecule has 0 spiro atoms. The molecule has 0 unspecified atom stereocenters. The van der Waals surface area contributed by atoms with Crippen molar-refractivity contribution in [3.05, 3.63) is 11.6 Å². The highest BCUT2D eigenvalue weighted by Crippen LogP contribution is 2.26. The number of aromatic carboxylic acids is 1.